The fourth-order valence-electron chi connectivity index (χ4n) is 3.49. The van der Waals surface area contributed by atoms with Crippen LogP contribution < -0.4 is 14.8 Å². The Morgan fingerprint density at radius 1 is 1.03 bits per heavy atom. The standard InChI is InChI=1S/C25H27N3O5/c1-31-22-11-10-19(12-23(22)32-2)25(30)28(15-18-6-4-3-5-7-18)16-20-13-21(27-33-20)24(29)26-14-17-8-9-17/h3-7,10-13,17H,8-9,14-16H2,1-2H3,(H,26,29). The predicted octanol–water partition coefficient (Wildman–Crippen LogP) is 3.67. The average Bonchev–Trinajstić information content (AvgIpc) is 3.57. The van der Waals surface area contributed by atoms with E-state index in [0.717, 1.165) is 18.4 Å². The maximum atomic E-state index is 13.4. The summed E-state index contributed by atoms with van der Waals surface area (Å²) in [6.07, 6.45) is 2.30. The summed E-state index contributed by atoms with van der Waals surface area (Å²) in [5.74, 6) is 1.53. The van der Waals surface area contributed by atoms with E-state index in [0.29, 0.717) is 41.8 Å². The Balaban J connectivity index is 1.53. The molecule has 172 valence electrons. The number of carbonyl (C=O) groups excluding carboxylic acids is 2. The number of hydrogen-bond acceptors (Lipinski definition) is 6. The normalized spacial score (nSPS) is 12.8. The van der Waals surface area contributed by atoms with Gasteiger partial charge in [0.15, 0.2) is 23.0 Å². The fourth-order valence-corrected chi connectivity index (χ4v) is 3.49. The lowest BCUT2D eigenvalue weighted by atomic mass is 10.1. The molecular formula is C25H27N3O5. The van der Waals surface area contributed by atoms with E-state index in [1.807, 2.05) is 30.3 Å². The molecule has 3 aromatic rings. The van der Waals surface area contributed by atoms with Crippen molar-refractivity contribution in [2.24, 2.45) is 5.92 Å². The van der Waals surface area contributed by atoms with E-state index in [1.165, 1.54) is 7.11 Å². The molecule has 1 aliphatic carbocycles. The van der Waals surface area contributed by atoms with Gasteiger partial charge in [0, 0.05) is 24.7 Å². The highest BCUT2D eigenvalue weighted by atomic mass is 16.5. The minimum atomic E-state index is -0.266. The number of amides is 2. The summed E-state index contributed by atoms with van der Waals surface area (Å²) < 4.78 is 16.0. The molecule has 0 bridgehead atoms. The second kappa shape index (κ2) is 10.2. The van der Waals surface area contributed by atoms with E-state index in [4.69, 9.17) is 14.0 Å². The number of hydrogen-bond donors (Lipinski definition) is 1. The highest BCUT2D eigenvalue weighted by Crippen LogP contribution is 2.29. The topological polar surface area (TPSA) is 93.9 Å². The van der Waals surface area contributed by atoms with Crippen molar-refractivity contribution in [2.75, 3.05) is 20.8 Å². The van der Waals surface area contributed by atoms with E-state index >= 15 is 0 Å². The van der Waals surface area contributed by atoms with Crippen LogP contribution in [-0.4, -0.2) is 42.6 Å². The summed E-state index contributed by atoms with van der Waals surface area (Å²) in [4.78, 5) is 27.4. The van der Waals surface area contributed by atoms with Crippen molar-refractivity contribution >= 4 is 11.8 Å². The molecule has 0 unspecified atom stereocenters. The van der Waals surface area contributed by atoms with Crippen molar-refractivity contribution in [1.82, 2.24) is 15.4 Å². The third-order valence-electron chi connectivity index (χ3n) is 5.52. The molecule has 2 amide bonds. The van der Waals surface area contributed by atoms with Crippen LogP contribution in [0.25, 0.3) is 0 Å². The minimum absolute atomic E-state index is 0.158. The molecule has 1 aromatic heterocycles. The number of aromatic nitrogens is 1. The van der Waals surface area contributed by atoms with Crippen LogP contribution in [0.3, 0.4) is 0 Å². The number of rotatable bonds is 10. The van der Waals surface area contributed by atoms with E-state index in [9.17, 15) is 9.59 Å². The number of nitrogens with zero attached hydrogens (tertiary/aromatic N) is 2. The van der Waals surface area contributed by atoms with Crippen LogP contribution in [0.2, 0.25) is 0 Å². The summed E-state index contributed by atoms with van der Waals surface area (Å²) in [5.41, 5.74) is 1.63. The first-order valence-corrected chi connectivity index (χ1v) is 10.9. The Labute approximate surface area is 192 Å². The van der Waals surface area contributed by atoms with Gasteiger partial charge in [0.25, 0.3) is 11.8 Å². The quantitative estimate of drug-likeness (QED) is 0.508. The molecule has 0 saturated heterocycles. The van der Waals surface area contributed by atoms with Crippen LogP contribution in [0.5, 0.6) is 11.5 Å². The number of nitrogens with one attached hydrogen (secondary N) is 1. The zero-order valence-corrected chi connectivity index (χ0v) is 18.7. The first-order valence-electron chi connectivity index (χ1n) is 10.9. The zero-order valence-electron chi connectivity index (χ0n) is 18.7. The number of carbonyl (C=O) groups is 2. The van der Waals surface area contributed by atoms with Crippen LogP contribution in [0.4, 0.5) is 0 Å². The molecule has 0 radical (unpaired) electrons. The number of benzene rings is 2. The first-order chi connectivity index (χ1) is 16.1. The average molecular weight is 450 g/mol. The van der Waals surface area contributed by atoms with Crippen molar-refractivity contribution in [2.45, 2.75) is 25.9 Å². The maximum absolute atomic E-state index is 13.4. The third kappa shape index (κ3) is 5.71. The van der Waals surface area contributed by atoms with E-state index in [2.05, 4.69) is 10.5 Å². The van der Waals surface area contributed by atoms with Crippen molar-refractivity contribution < 1.29 is 23.6 Å². The molecule has 33 heavy (non-hydrogen) atoms. The zero-order chi connectivity index (χ0) is 23.2. The van der Waals surface area contributed by atoms with Crippen molar-refractivity contribution in [3.05, 3.63) is 77.2 Å². The largest absolute Gasteiger partial charge is 0.493 e. The highest BCUT2D eigenvalue weighted by Gasteiger charge is 2.24. The predicted molar refractivity (Wildman–Crippen MR) is 121 cm³/mol. The van der Waals surface area contributed by atoms with Gasteiger partial charge in [-0.2, -0.15) is 0 Å². The number of methoxy groups -OCH3 is 2. The molecule has 8 nitrogen and oxygen atoms in total. The smallest absolute Gasteiger partial charge is 0.273 e. The summed E-state index contributed by atoms with van der Waals surface area (Å²) >= 11 is 0. The van der Waals surface area contributed by atoms with E-state index < -0.39 is 0 Å². The molecule has 1 saturated carbocycles. The van der Waals surface area contributed by atoms with Gasteiger partial charge < -0.3 is 24.2 Å². The van der Waals surface area contributed by atoms with Crippen LogP contribution in [-0.2, 0) is 13.1 Å². The van der Waals surface area contributed by atoms with Gasteiger partial charge in [-0.3, -0.25) is 9.59 Å². The molecule has 0 atom stereocenters. The molecule has 1 aliphatic rings. The number of ether oxygens (including phenoxy) is 2. The fraction of sp³-hybridized carbons (Fsp3) is 0.320. The van der Waals surface area contributed by atoms with E-state index in [1.54, 1.807) is 36.3 Å². The van der Waals surface area contributed by atoms with Gasteiger partial charge in [-0.05, 0) is 42.5 Å². The molecule has 4 rings (SSSR count). The molecular weight excluding hydrogens is 422 g/mol. The molecule has 1 fully saturated rings. The minimum Gasteiger partial charge on any atom is -0.493 e. The van der Waals surface area contributed by atoms with E-state index in [-0.39, 0.29) is 24.1 Å². The van der Waals surface area contributed by atoms with Crippen molar-refractivity contribution in [3.63, 3.8) is 0 Å². The van der Waals surface area contributed by atoms with Gasteiger partial charge in [0.05, 0.1) is 20.8 Å². The SMILES string of the molecule is COc1ccc(C(=O)N(Cc2ccccc2)Cc2cc(C(=O)NCC3CC3)no2)cc1OC. The lowest BCUT2D eigenvalue weighted by Crippen LogP contribution is -2.30. The Kier molecular flexibility index (Phi) is 6.92. The second-order valence-corrected chi connectivity index (χ2v) is 8.05. The summed E-state index contributed by atoms with van der Waals surface area (Å²) in [6.45, 7) is 1.17. The monoisotopic (exact) mass is 449 g/mol. The van der Waals surface area contributed by atoms with Crippen LogP contribution >= 0.6 is 0 Å². The summed E-state index contributed by atoms with van der Waals surface area (Å²) in [5, 5.41) is 6.77. The van der Waals surface area contributed by atoms with Gasteiger partial charge in [0.2, 0.25) is 0 Å². The van der Waals surface area contributed by atoms with Crippen LogP contribution in [0.1, 0.15) is 45.0 Å². The Morgan fingerprint density at radius 2 is 1.79 bits per heavy atom. The Hall–Kier alpha value is -3.81. The third-order valence-corrected chi connectivity index (χ3v) is 5.52. The molecule has 1 heterocycles. The van der Waals surface area contributed by atoms with Crippen molar-refractivity contribution in [3.8, 4) is 11.5 Å². The molecule has 0 spiro atoms. The molecule has 2 aromatic carbocycles. The van der Waals surface area contributed by atoms with Gasteiger partial charge in [-0.25, -0.2) is 0 Å². The maximum Gasteiger partial charge on any atom is 0.273 e. The van der Waals surface area contributed by atoms with Crippen LogP contribution in [0, 0.1) is 5.92 Å². The highest BCUT2D eigenvalue weighted by molar-refractivity contribution is 5.95. The van der Waals surface area contributed by atoms with Gasteiger partial charge in [-0.1, -0.05) is 35.5 Å². The van der Waals surface area contributed by atoms with Gasteiger partial charge >= 0.3 is 0 Å². The van der Waals surface area contributed by atoms with Crippen LogP contribution in [0.15, 0.2) is 59.1 Å². The lowest BCUT2D eigenvalue weighted by Gasteiger charge is -2.22. The lowest BCUT2D eigenvalue weighted by molar-refractivity contribution is 0.0712. The summed E-state index contributed by atoms with van der Waals surface area (Å²) in [7, 11) is 3.07. The first kappa shape index (κ1) is 22.4. The molecule has 0 aliphatic heterocycles. The second-order valence-electron chi connectivity index (χ2n) is 8.05. The Morgan fingerprint density at radius 3 is 2.48 bits per heavy atom. The summed E-state index contributed by atoms with van der Waals surface area (Å²) in [6, 6.07) is 16.3. The van der Waals surface area contributed by atoms with Gasteiger partial charge in [0.1, 0.15) is 0 Å². The van der Waals surface area contributed by atoms with Crippen molar-refractivity contribution in [1.29, 1.82) is 0 Å². The molecule has 8 heteroatoms. The Bertz CT molecular complexity index is 1110. The molecule has 1 N–H and O–H groups in total. The van der Waals surface area contributed by atoms with Gasteiger partial charge in [-0.15, -0.1) is 0 Å².